The maximum Gasteiger partial charge on any atom is 0.267 e. The molecule has 1 N–H and O–H groups in total. The number of nitrogens with zero attached hydrogens (tertiary/aromatic N) is 2. The first kappa shape index (κ1) is 20.8. The molecule has 5 rings (SSSR count). The molecule has 0 radical (unpaired) electrons. The van der Waals surface area contributed by atoms with Crippen LogP contribution in [0, 0.1) is 6.92 Å². The smallest absolute Gasteiger partial charge is 0.267 e. The molecule has 0 aliphatic heterocycles. The van der Waals surface area contributed by atoms with Crippen LogP contribution in [0.4, 0.5) is 0 Å². The lowest BCUT2D eigenvalue weighted by Gasteiger charge is -2.16. The summed E-state index contributed by atoms with van der Waals surface area (Å²) in [6.45, 7) is 2.01. The maximum atomic E-state index is 13.8. The molecule has 2 heterocycles. The van der Waals surface area contributed by atoms with Gasteiger partial charge in [-0.1, -0.05) is 42.8 Å². The quantitative estimate of drug-likeness (QED) is 0.446. The standard InChI is InChI=1S/C24H27N3O2S2/c1-15-8-2-6-12-18(15)27-23(29)21-17-11-5-7-13-19(17)31-22(21)26-24(27)30-14-20(28)25-16-9-3-4-10-16/h2,6,8,12,16H,3-5,7,9-11,13-14H2,1H3,(H,25,28). The molecule has 2 aromatic heterocycles. The van der Waals surface area contributed by atoms with E-state index >= 15 is 0 Å². The van der Waals surface area contributed by atoms with E-state index in [1.165, 1.54) is 41.5 Å². The van der Waals surface area contributed by atoms with Gasteiger partial charge >= 0.3 is 0 Å². The summed E-state index contributed by atoms with van der Waals surface area (Å²) < 4.78 is 1.73. The lowest BCUT2D eigenvalue weighted by molar-refractivity contribution is -0.119. The van der Waals surface area contributed by atoms with Crippen molar-refractivity contribution >= 4 is 39.2 Å². The van der Waals surface area contributed by atoms with E-state index in [-0.39, 0.29) is 17.2 Å². The van der Waals surface area contributed by atoms with Crippen molar-refractivity contribution in [2.45, 2.75) is 69.5 Å². The molecule has 5 nitrogen and oxygen atoms in total. The van der Waals surface area contributed by atoms with Gasteiger partial charge in [0.15, 0.2) is 5.16 Å². The Morgan fingerprint density at radius 1 is 1.19 bits per heavy atom. The van der Waals surface area contributed by atoms with Crippen molar-refractivity contribution in [1.82, 2.24) is 14.9 Å². The van der Waals surface area contributed by atoms with Gasteiger partial charge in [-0.05, 0) is 62.6 Å². The summed E-state index contributed by atoms with van der Waals surface area (Å²) in [6, 6.07) is 8.20. The van der Waals surface area contributed by atoms with Gasteiger partial charge < -0.3 is 5.32 Å². The fraction of sp³-hybridized carbons (Fsp3) is 0.458. The topological polar surface area (TPSA) is 64.0 Å². The Balaban J connectivity index is 1.55. The first-order valence-electron chi connectivity index (χ1n) is 11.2. The second-order valence-corrected chi connectivity index (χ2v) is 10.6. The van der Waals surface area contributed by atoms with Crippen LogP contribution in [0.25, 0.3) is 15.9 Å². The molecule has 162 valence electrons. The number of aromatic nitrogens is 2. The van der Waals surface area contributed by atoms with E-state index in [2.05, 4.69) is 5.32 Å². The van der Waals surface area contributed by atoms with Crippen LogP contribution in [0.2, 0.25) is 0 Å². The minimum atomic E-state index is -0.00241. The van der Waals surface area contributed by atoms with E-state index in [9.17, 15) is 9.59 Å². The van der Waals surface area contributed by atoms with Crippen molar-refractivity contribution in [3.8, 4) is 5.69 Å². The number of nitrogens with one attached hydrogen (secondary N) is 1. The molecule has 2 aliphatic rings. The number of rotatable bonds is 5. The van der Waals surface area contributed by atoms with Crippen LogP contribution in [-0.2, 0) is 17.6 Å². The van der Waals surface area contributed by atoms with Crippen molar-refractivity contribution in [3.05, 3.63) is 50.6 Å². The average Bonchev–Trinajstić information content (AvgIpc) is 3.40. The Hall–Kier alpha value is -2.12. The number of carbonyl (C=O) groups excluding carboxylic acids is 1. The molecule has 0 unspecified atom stereocenters. The van der Waals surface area contributed by atoms with E-state index in [1.807, 2.05) is 31.2 Å². The van der Waals surface area contributed by atoms with Crippen LogP contribution in [0.15, 0.2) is 34.2 Å². The first-order valence-corrected chi connectivity index (χ1v) is 13.0. The zero-order valence-electron chi connectivity index (χ0n) is 17.8. The Morgan fingerprint density at radius 2 is 1.97 bits per heavy atom. The first-order chi connectivity index (χ1) is 15.1. The third kappa shape index (κ3) is 4.05. The molecule has 1 saturated carbocycles. The molecular weight excluding hydrogens is 426 g/mol. The number of hydrogen-bond donors (Lipinski definition) is 1. The molecule has 3 aromatic rings. The molecule has 0 spiro atoms. The number of aryl methyl sites for hydroxylation is 3. The van der Waals surface area contributed by atoms with Gasteiger partial charge in [0.25, 0.3) is 5.56 Å². The SMILES string of the molecule is Cc1ccccc1-n1c(SCC(=O)NC2CCCC2)nc2sc3c(c2c1=O)CCCC3. The molecule has 7 heteroatoms. The highest BCUT2D eigenvalue weighted by molar-refractivity contribution is 7.99. The number of fused-ring (bicyclic) bond motifs is 3. The third-order valence-electron chi connectivity index (χ3n) is 6.37. The maximum absolute atomic E-state index is 13.8. The predicted molar refractivity (Wildman–Crippen MR) is 128 cm³/mol. The Morgan fingerprint density at radius 3 is 2.77 bits per heavy atom. The van der Waals surface area contributed by atoms with Gasteiger partial charge in [0.2, 0.25) is 5.91 Å². The third-order valence-corrected chi connectivity index (χ3v) is 8.49. The largest absolute Gasteiger partial charge is 0.353 e. The number of hydrogen-bond acceptors (Lipinski definition) is 5. The highest BCUT2D eigenvalue weighted by Gasteiger charge is 2.24. The zero-order chi connectivity index (χ0) is 21.4. The van der Waals surface area contributed by atoms with Crippen LogP contribution in [0.3, 0.4) is 0 Å². The Kier molecular flexibility index (Phi) is 5.89. The lowest BCUT2D eigenvalue weighted by Crippen LogP contribution is -2.34. The minimum Gasteiger partial charge on any atom is -0.353 e. The highest BCUT2D eigenvalue weighted by Crippen LogP contribution is 2.35. The fourth-order valence-corrected chi connectivity index (χ4v) is 6.90. The molecule has 0 saturated heterocycles. The van der Waals surface area contributed by atoms with Crippen molar-refractivity contribution in [1.29, 1.82) is 0 Å². The van der Waals surface area contributed by atoms with Crippen molar-refractivity contribution in [2.24, 2.45) is 0 Å². The van der Waals surface area contributed by atoms with Gasteiger partial charge in [0.05, 0.1) is 16.8 Å². The van der Waals surface area contributed by atoms with Gasteiger partial charge in [-0.3, -0.25) is 14.2 Å². The summed E-state index contributed by atoms with van der Waals surface area (Å²) in [5.74, 6) is 0.291. The number of thioether (sulfide) groups is 1. The van der Waals surface area contributed by atoms with Crippen LogP contribution >= 0.6 is 23.1 Å². The molecule has 1 amide bonds. The summed E-state index contributed by atoms with van der Waals surface area (Å²) in [5.41, 5.74) is 3.06. The fourth-order valence-electron chi connectivity index (χ4n) is 4.78. The number of amides is 1. The van der Waals surface area contributed by atoms with Gasteiger partial charge in [0.1, 0.15) is 4.83 Å². The van der Waals surface area contributed by atoms with Crippen LogP contribution in [0.5, 0.6) is 0 Å². The Labute approximate surface area is 190 Å². The number of thiophene rings is 1. The van der Waals surface area contributed by atoms with Crippen LogP contribution < -0.4 is 10.9 Å². The molecule has 1 fully saturated rings. The molecular formula is C24H27N3O2S2. The summed E-state index contributed by atoms with van der Waals surface area (Å²) in [6.07, 6.45) is 8.79. The van der Waals surface area contributed by atoms with E-state index in [1.54, 1.807) is 15.9 Å². The van der Waals surface area contributed by atoms with Crippen molar-refractivity contribution in [2.75, 3.05) is 5.75 Å². The van der Waals surface area contributed by atoms with Gasteiger partial charge in [-0.2, -0.15) is 0 Å². The van der Waals surface area contributed by atoms with Gasteiger partial charge in [0, 0.05) is 10.9 Å². The molecule has 0 bridgehead atoms. The van der Waals surface area contributed by atoms with E-state index in [0.717, 1.165) is 53.6 Å². The summed E-state index contributed by atoms with van der Waals surface area (Å²) in [7, 11) is 0. The molecule has 31 heavy (non-hydrogen) atoms. The second kappa shape index (κ2) is 8.79. The molecule has 0 atom stereocenters. The second-order valence-electron chi connectivity index (χ2n) is 8.55. The van der Waals surface area contributed by atoms with Gasteiger partial charge in [-0.15, -0.1) is 11.3 Å². The average molecular weight is 454 g/mol. The highest BCUT2D eigenvalue weighted by atomic mass is 32.2. The minimum absolute atomic E-state index is 0.00241. The predicted octanol–water partition coefficient (Wildman–Crippen LogP) is 4.79. The van der Waals surface area contributed by atoms with E-state index in [4.69, 9.17) is 4.98 Å². The van der Waals surface area contributed by atoms with Gasteiger partial charge in [-0.25, -0.2) is 4.98 Å². The van der Waals surface area contributed by atoms with E-state index in [0.29, 0.717) is 11.2 Å². The summed E-state index contributed by atoms with van der Waals surface area (Å²) in [5, 5.41) is 4.52. The van der Waals surface area contributed by atoms with E-state index < -0.39 is 0 Å². The van der Waals surface area contributed by atoms with Crippen molar-refractivity contribution in [3.63, 3.8) is 0 Å². The normalized spacial score (nSPS) is 16.5. The van der Waals surface area contributed by atoms with Crippen LogP contribution in [-0.4, -0.2) is 27.3 Å². The number of benzene rings is 1. The van der Waals surface area contributed by atoms with Crippen LogP contribution in [0.1, 0.15) is 54.5 Å². The zero-order valence-corrected chi connectivity index (χ0v) is 19.4. The number of carbonyl (C=O) groups is 1. The molecule has 2 aliphatic carbocycles. The number of para-hydroxylation sites is 1. The lowest BCUT2D eigenvalue weighted by atomic mass is 9.97. The molecule has 1 aromatic carbocycles. The monoisotopic (exact) mass is 453 g/mol. The Bertz CT molecular complexity index is 1190. The summed E-state index contributed by atoms with van der Waals surface area (Å²) >= 11 is 3.02. The summed E-state index contributed by atoms with van der Waals surface area (Å²) in [4.78, 5) is 33.4. The van der Waals surface area contributed by atoms with Crippen molar-refractivity contribution < 1.29 is 4.79 Å².